The lowest BCUT2D eigenvalue weighted by Crippen LogP contribution is -2.18. The number of nitro benzene ring substituents is 1. The molecule has 140 valence electrons. The van der Waals surface area contributed by atoms with E-state index in [9.17, 15) is 14.9 Å². The highest BCUT2D eigenvalue weighted by molar-refractivity contribution is 7.21. The molecule has 0 unspecified atom stereocenters. The second-order valence-electron chi connectivity index (χ2n) is 5.77. The molecule has 2 N–H and O–H groups in total. The Morgan fingerprint density at radius 3 is 2.81 bits per heavy atom. The molecule has 0 aliphatic rings. The Morgan fingerprint density at radius 1 is 1.26 bits per heavy atom. The van der Waals surface area contributed by atoms with Crippen molar-refractivity contribution in [2.75, 3.05) is 6.61 Å². The number of unbranched alkanes of at least 4 members (excludes halogenated alkanes) is 1. The highest BCUT2D eigenvalue weighted by Crippen LogP contribution is 2.35. The van der Waals surface area contributed by atoms with Gasteiger partial charge in [-0.15, -0.1) is 11.3 Å². The predicted molar refractivity (Wildman–Crippen MR) is 101 cm³/mol. The van der Waals surface area contributed by atoms with E-state index in [1.165, 1.54) is 17.4 Å². The maximum atomic E-state index is 11.4. The summed E-state index contributed by atoms with van der Waals surface area (Å²) < 4.78 is 6.53. The van der Waals surface area contributed by atoms with Crippen molar-refractivity contribution in [2.45, 2.75) is 19.3 Å². The average Bonchev–Trinajstić information content (AvgIpc) is 3.11. The van der Waals surface area contributed by atoms with Gasteiger partial charge in [-0.2, -0.15) is 0 Å². The molecule has 8 nitrogen and oxygen atoms in total. The Balaban J connectivity index is 1.73. The van der Waals surface area contributed by atoms with Gasteiger partial charge in [-0.05, 0) is 37.1 Å². The molecule has 3 aromatic rings. The van der Waals surface area contributed by atoms with Crippen molar-refractivity contribution in [1.82, 2.24) is 10.5 Å². The van der Waals surface area contributed by atoms with Crippen LogP contribution in [0.4, 0.5) is 5.69 Å². The minimum Gasteiger partial charge on any atom is -0.487 e. The maximum absolute atomic E-state index is 11.4. The third-order valence-electron chi connectivity index (χ3n) is 3.88. The molecule has 0 radical (unpaired) electrons. The van der Waals surface area contributed by atoms with Crippen LogP contribution in [0.1, 0.15) is 19.3 Å². The SMILES string of the molecule is O=C(CCCCOc1ccc(-c2nc3ccccc3s2)cc1[N+](=O)[O-])NO. The zero-order valence-corrected chi connectivity index (χ0v) is 15.1. The van der Waals surface area contributed by atoms with Gasteiger partial charge in [0.05, 0.1) is 21.7 Å². The van der Waals surface area contributed by atoms with Crippen LogP contribution in [0.25, 0.3) is 20.8 Å². The van der Waals surface area contributed by atoms with Crippen LogP contribution in [-0.4, -0.2) is 27.6 Å². The van der Waals surface area contributed by atoms with Gasteiger partial charge in [-0.25, -0.2) is 10.5 Å². The molecule has 0 fully saturated rings. The number of rotatable bonds is 8. The summed E-state index contributed by atoms with van der Waals surface area (Å²) in [4.78, 5) is 26.4. The van der Waals surface area contributed by atoms with Crippen molar-refractivity contribution >= 4 is 33.1 Å². The second kappa shape index (κ2) is 8.56. The van der Waals surface area contributed by atoms with Crippen molar-refractivity contribution in [2.24, 2.45) is 0 Å². The van der Waals surface area contributed by atoms with Crippen molar-refractivity contribution in [1.29, 1.82) is 0 Å². The van der Waals surface area contributed by atoms with Crippen LogP contribution < -0.4 is 10.2 Å². The Hall–Kier alpha value is -3.04. The van der Waals surface area contributed by atoms with E-state index < -0.39 is 10.8 Å². The van der Waals surface area contributed by atoms with Gasteiger partial charge >= 0.3 is 5.69 Å². The fourth-order valence-electron chi connectivity index (χ4n) is 2.54. The summed E-state index contributed by atoms with van der Waals surface area (Å²) in [6.45, 7) is 0.236. The molecule has 27 heavy (non-hydrogen) atoms. The van der Waals surface area contributed by atoms with Crippen LogP contribution in [0.2, 0.25) is 0 Å². The molecule has 3 rings (SSSR count). The minimum atomic E-state index is -0.481. The van der Waals surface area contributed by atoms with E-state index in [1.54, 1.807) is 17.6 Å². The Morgan fingerprint density at radius 2 is 2.07 bits per heavy atom. The van der Waals surface area contributed by atoms with Crippen LogP contribution in [0, 0.1) is 10.1 Å². The van der Waals surface area contributed by atoms with Crippen LogP contribution in [0.5, 0.6) is 5.75 Å². The average molecular weight is 387 g/mol. The molecule has 0 saturated carbocycles. The van der Waals surface area contributed by atoms with Crippen molar-refractivity contribution in [3.63, 3.8) is 0 Å². The molecule has 0 spiro atoms. The van der Waals surface area contributed by atoms with Crippen LogP contribution in [0.15, 0.2) is 42.5 Å². The monoisotopic (exact) mass is 387 g/mol. The van der Waals surface area contributed by atoms with E-state index in [0.29, 0.717) is 23.4 Å². The first kappa shape index (κ1) is 18.7. The van der Waals surface area contributed by atoms with Crippen molar-refractivity contribution in [3.8, 4) is 16.3 Å². The summed E-state index contributed by atoms with van der Waals surface area (Å²) in [5, 5.41) is 20.6. The number of amides is 1. The van der Waals surface area contributed by atoms with Crippen molar-refractivity contribution in [3.05, 3.63) is 52.6 Å². The fourth-order valence-corrected chi connectivity index (χ4v) is 3.50. The second-order valence-corrected chi connectivity index (χ2v) is 6.80. The first-order valence-corrected chi connectivity index (χ1v) is 9.10. The van der Waals surface area contributed by atoms with Gasteiger partial charge in [0.25, 0.3) is 0 Å². The summed E-state index contributed by atoms with van der Waals surface area (Å²) >= 11 is 1.47. The number of carbonyl (C=O) groups excluding carboxylic acids is 1. The number of ether oxygens (including phenoxy) is 1. The number of carbonyl (C=O) groups is 1. The van der Waals surface area contributed by atoms with Crippen LogP contribution in [0.3, 0.4) is 0 Å². The number of thiazole rings is 1. The van der Waals surface area contributed by atoms with Gasteiger partial charge in [0.15, 0.2) is 5.75 Å². The molecule has 0 atom stereocenters. The quantitative estimate of drug-likeness (QED) is 0.262. The van der Waals surface area contributed by atoms with E-state index in [1.807, 2.05) is 24.3 Å². The lowest BCUT2D eigenvalue weighted by Gasteiger charge is -2.07. The molecule has 0 aliphatic heterocycles. The standard InChI is InChI=1S/C18H17N3O5S/c22-17(20-23)7-3-4-10-26-15-9-8-12(11-14(15)21(24)25)18-19-13-5-1-2-6-16(13)27-18/h1-2,5-6,8-9,11,23H,3-4,7,10H2,(H,20,22). The molecule has 1 aromatic heterocycles. The lowest BCUT2D eigenvalue weighted by atomic mass is 10.2. The zero-order valence-electron chi connectivity index (χ0n) is 14.3. The van der Waals surface area contributed by atoms with Gasteiger partial charge in [0, 0.05) is 18.1 Å². The number of hydrogen-bond donors (Lipinski definition) is 2. The van der Waals surface area contributed by atoms with E-state index in [0.717, 1.165) is 10.2 Å². The normalized spacial score (nSPS) is 10.7. The van der Waals surface area contributed by atoms with E-state index in [-0.39, 0.29) is 24.5 Å². The third kappa shape index (κ3) is 4.57. The van der Waals surface area contributed by atoms with Crippen molar-refractivity contribution < 1.29 is 19.7 Å². The number of para-hydroxylation sites is 1. The lowest BCUT2D eigenvalue weighted by molar-refractivity contribution is -0.385. The molecule has 0 saturated heterocycles. The Kier molecular flexibility index (Phi) is 5.94. The van der Waals surface area contributed by atoms with E-state index in [4.69, 9.17) is 9.94 Å². The number of benzene rings is 2. The first-order valence-electron chi connectivity index (χ1n) is 8.28. The van der Waals surface area contributed by atoms with Gasteiger partial charge in [0.2, 0.25) is 5.91 Å². The molecular weight excluding hydrogens is 370 g/mol. The van der Waals surface area contributed by atoms with Gasteiger partial charge in [-0.1, -0.05) is 12.1 Å². The van der Waals surface area contributed by atoms with Gasteiger partial charge < -0.3 is 4.74 Å². The zero-order chi connectivity index (χ0) is 19.2. The molecule has 1 heterocycles. The highest BCUT2D eigenvalue weighted by Gasteiger charge is 2.18. The minimum absolute atomic E-state index is 0.125. The van der Waals surface area contributed by atoms with E-state index >= 15 is 0 Å². The maximum Gasteiger partial charge on any atom is 0.311 e. The summed E-state index contributed by atoms with van der Waals surface area (Å²) in [7, 11) is 0. The van der Waals surface area contributed by atoms with Gasteiger partial charge in [-0.3, -0.25) is 20.1 Å². The number of aromatic nitrogens is 1. The number of nitrogens with one attached hydrogen (secondary N) is 1. The molecule has 0 aliphatic carbocycles. The highest BCUT2D eigenvalue weighted by atomic mass is 32.1. The summed E-state index contributed by atoms with van der Waals surface area (Å²) in [5.74, 6) is -0.294. The number of fused-ring (bicyclic) bond motifs is 1. The smallest absolute Gasteiger partial charge is 0.311 e. The third-order valence-corrected chi connectivity index (χ3v) is 4.96. The molecule has 2 aromatic carbocycles. The number of nitro groups is 1. The summed E-state index contributed by atoms with van der Waals surface area (Å²) in [5.41, 5.74) is 2.95. The summed E-state index contributed by atoms with van der Waals surface area (Å²) in [6.07, 6.45) is 1.20. The van der Waals surface area contributed by atoms with Crippen LogP contribution in [-0.2, 0) is 4.79 Å². The van der Waals surface area contributed by atoms with Crippen LogP contribution >= 0.6 is 11.3 Å². The summed E-state index contributed by atoms with van der Waals surface area (Å²) in [6, 6.07) is 12.5. The molecule has 0 bridgehead atoms. The first-order chi connectivity index (χ1) is 13.1. The molecular formula is C18H17N3O5S. The fraction of sp³-hybridized carbons (Fsp3) is 0.222. The Labute approximate surface area is 158 Å². The predicted octanol–water partition coefficient (Wildman–Crippen LogP) is 3.93. The Bertz CT molecular complexity index is 940. The van der Waals surface area contributed by atoms with Gasteiger partial charge in [0.1, 0.15) is 5.01 Å². The number of hydrogen-bond acceptors (Lipinski definition) is 7. The molecule has 9 heteroatoms. The largest absolute Gasteiger partial charge is 0.487 e. The topological polar surface area (TPSA) is 115 Å². The number of nitrogens with zero attached hydrogens (tertiary/aromatic N) is 2. The molecule has 1 amide bonds. The van der Waals surface area contributed by atoms with E-state index in [2.05, 4.69) is 4.98 Å². The number of hydroxylamine groups is 1.